The Morgan fingerprint density at radius 1 is 0.686 bits per heavy atom. The summed E-state index contributed by atoms with van der Waals surface area (Å²) in [6, 6.07) is 14.6. The van der Waals surface area contributed by atoms with Crippen molar-refractivity contribution in [3.8, 4) is 0 Å². The summed E-state index contributed by atoms with van der Waals surface area (Å²) in [5, 5.41) is 7.78. The van der Waals surface area contributed by atoms with Gasteiger partial charge in [-0.25, -0.2) is 0 Å². The van der Waals surface area contributed by atoms with Crippen molar-refractivity contribution in [2.24, 2.45) is 23.7 Å². The fourth-order valence-electron chi connectivity index (χ4n) is 6.05. The van der Waals surface area contributed by atoms with Gasteiger partial charge in [-0.2, -0.15) is 0 Å². The third kappa shape index (κ3) is 7.01. The minimum absolute atomic E-state index is 0.00948. The number of carbonyl (C=O) groups excluding carboxylic acids is 2. The van der Waals surface area contributed by atoms with E-state index >= 15 is 0 Å². The number of hydrogen-bond acceptors (Lipinski definition) is 2. The highest BCUT2D eigenvalue weighted by Gasteiger charge is 2.33. The monoisotopic (exact) mass is 514 g/mol. The summed E-state index contributed by atoms with van der Waals surface area (Å²) < 4.78 is 0. The van der Waals surface area contributed by atoms with Crippen molar-refractivity contribution in [1.29, 1.82) is 0 Å². The molecule has 2 aliphatic carbocycles. The number of hydrogen-bond donors (Lipinski definition) is 2. The third-order valence-electron chi connectivity index (χ3n) is 8.07. The van der Waals surface area contributed by atoms with Crippen molar-refractivity contribution in [3.05, 3.63) is 69.7 Å². The van der Waals surface area contributed by atoms with Gasteiger partial charge in [0, 0.05) is 33.3 Å². The second kappa shape index (κ2) is 11.8. The molecule has 2 aromatic rings. The van der Waals surface area contributed by atoms with Crippen LogP contribution >= 0.6 is 23.2 Å². The molecule has 0 aromatic heterocycles. The van der Waals surface area contributed by atoms with Gasteiger partial charge >= 0.3 is 0 Å². The average Bonchev–Trinajstić information content (AvgIpc) is 2.83. The van der Waals surface area contributed by atoms with Crippen LogP contribution in [0.3, 0.4) is 0 Å². The number of nitrogens with one attached hydrogen (secondary N) is 2. The molecule has 4 nitrogen and oxygen atoms in total. The Labute approximate surface area is 219 Å². The molecule has 0 unspecified atom stereocenters. The molecule has 6 heteroatoms. The van der Waals surface area contributed by atoms with E-state index in [2.05, 4.69) is 24.5 Å². The van der Waals surface area contributed by atoms with Crippen LogP contribution in [0, 0.1) is 23.7 Å². The summed E-state index contributed by atoms with van der Waals surface area (Å²) in [6.07, 6.45) is 7.97. The third-order valence-corrected chi connectivity index (χ3v) is 8.57. The Morgan fingerprint density at radius 2 is 1.06 bits per heavy atom. The second-order valence-corrected chi connectivity index (χ2v) is 11.6. The van der Waals surface area contributed by atoms with Gasteiger partial charge in [-0.05, 0) is 117 Å². The predicted octanol–water partition coefficient (Wildman–Crippen LogP) is 7.15. The van der Waals surface area contributed by atoms with E-state index in [0.717, 1.165) is 38.5 Å². The first-order chi connectivity index (χ1) is 16.8. The molecule has 0 saturated heterocycles. The SMILES string of the molecule is C[C@@H]1C[C@H](C[C@@H]2CC[C@H](NC(=O)c3ccc(Cl)cc3)[C@@H](C)C2)CC[C@@H]1NC(=O)c1ccc(Cl)cc1. The Kier molecular flexibility index (Phi) is 8.77. The van der Waals surface area contributed by atoms with E-state index in [9.17, 15) is 9.59 Å². The molecule has 2 aromatic carbocycles. The molecular weight excluding hydrogens is 479 g/mol. The lowest BCUT2D eigenvalue weighted by molar-refractivity contribution is 0.0869. The quantitative estimate of drug-likeness (QED) is 0.429. The zero-order chi connectivity index (χ0) is 24.9. The summed E-state index contributed by atoms with van der Waals surface area (Å²) in [4.78, 5) is 25.3. The lowest BCUT2D eigenvalue weighted by atomic mass is 9.70. The lowest BCUT2D eigenvalue weighted by Gasteiger charge is -2.39. The number of carbonyl (C=O) groups is 2. The fraction of sp³-hybridized carbons (Fsp3) is 0.517. The number of halogens is 2. The molecule has 2 fully saturated rings. The maximum absolute atomic E-state index is 12.6. The molecular formula is C29H36Cl2N2O2. The largest absolute Gasteiger partial charge is 0.349 e. The Morgan fingerprint density at radius 3 is 1.40 bits per heavy atom. The van der Waals surface area contributed by atoms with Gasteiger partial charge < -0.3 is 10.6 Å². The number of rotatable bonds is 6. The van der Waals surface area contributed by atoms with E-state index in [0.29, 0.717) is 44.8 Å². The fourth-order valence-corrected chi connectivity index (χ4v) is 6.30. The Hall–Kier alpha value is -2.04. The van der Waals surface area contributed by atoms with Gasteiger partial charge in [-0.15, -0.1) is 0 Å². The minimum Gasteiger partial charge on any atom is -0.349 e. The first-order valence-electron chi connectivity index (χ1n) is 12.9. The van der Waals surface area contributed by atoms with E-state index in [1.807, 2.05) is 0 Å². The van der Waals surface area contributed by atoms with Crippen LogP contribution in [0.25, 0.3) is 0 Å². The maximum Gasteiger partial charge on any atom is 0.251 e. The second-order valence-electron chi connectivity index (χ2n) is 10.7. The van der Waals surface area contributed by atoms with Crippen LogP contribution in [-0.2, 0) is 0 Å². The molecule has 35 heavy (non-hydrogen) atoms. The van der Waals surface area contributed by atoms with Gasteiger partial charge in [-0.3, -0.25) is 9.59 Å². The van der Waals surface area contributed by atoms with Crippen LogP contribution in [0.2, 0.25) is 10.0 Å². The van der Waals surface area contributed by atoms with Crippen LogP contribution in [0.1, 0.15) is 79.5 Å². The van der Waals surface area contributed by atoms with Crippen molar-refractivity contribution in [1.82, 2.24) is 10.6 Å². The summed E-state index contributed by atoms with van der Waals surface area (Å²) in [5.41, 5.74) is 1.33. The number of benzene rings is 2. The van der Waals surface area contributed by atoms with Crippen molar-refractivity contribution >= 4 is 35.0 Å². The van der Waals surface area contributed by atoms with Crippen LogP contribution in [0.5, 0.6) is 0 Å². The standard InChI is InChI=1S/C29H36Cl2N2O2/c1-18-15-20(3-13-26(18)32-28(34)22-5-9-24(30)10-6-22)17-21-4-14-27(19(2)16-21)33-29(35)23-7-11-25(31)12-8-23/h5-12,18-21,26-27H,3-4,13-17H2,1-2H3,(H,32,34)(H,33,35)/t18-,19+,20-,21-,26+,27+/m1/s1. The van der Waals surface area contributed by atoms with Crippen molar-refractivity contribution in [3.63, 3.8) is 0 Å². The van der Waals surface area contributed by atoms with E-state index in [1.54, 1.807) is 48.5 Å². The molecule has 6 atom stereocenters. The van der Waals surface area contributed by atoms with Gasteiger partial charge in [-0.1, -0.05) is 37.0 Å². The predicted molar refractivity (Wildman–Crippen MR) is 143 cm³/mol. The summed E-state index contributed by atoms with van der Waals surface area (Å²) in [5.74, 6) is 2.35. The first-order valence-corrected chi connectivity index (χ1v) is 13.7. The molecule has 2 aliphatic rings. The molecule has 0 bridgehead atoms. The van der Waals surface area contributed by atoms with Gasteiger partial charge in [0.1, 0.15) is 0 Å². The normalized spacial score (nSPS) is 28.8. The topological polar surface area (TPSA) is 58.2 Å². The summed E-state index contributed by atoms with van der Waals surface area (Å²) in [6.45, 7) is 4.54. The van der Waals surface area contributed by atoms with Gasteiger partial charge in [0.25, 0.3) is 11.8 Å². The van der Waals surface area contributed by atoms with Gasteiger partial charge in [0.05, 0.1) is 0 Å². The summed E-state index contributed by atoms with van der Waals surface area (Å²) >= 11 is 11.9. The molecule has 0 radical (unpaired) electrons. The van der Waals surface area contributed by atoms with E-state index in [4.69, 9.17) is 23.2 Å². The molecule has 4 rings (SSSR count). The highest BCUT2D eigenvalue weighted by atomic mass is 35.5. The Bertz CT molecular complexity index is 927. The maximum atomic E-state index is 12.6. The van der Waals surface area contributed by atoms with Crippen molar-refractivity contribution in [2.45, 2.75) is 70.9 Å². The zero-order valence-electron chi connectivity index (χ0n) is 20.6. The molecule has 2 amide bonds. The highest BCUT2D eigenvalue weighted by molar-refractivity contribution is 6.31. The average molecular weight is 516 g/mol. The highest BCUT2D eigenvalue weighted by Crippen LogP contribution is 2.39. The van der Waals surface area contributed by atoms with E-state index in [-0.39, 0.29) is 23.9 Å². The van der Waals surface area contributed by atoms with Crippen LogP contribution in [-0.4, -0.2) is 23.9 Å². The number of amides is 2. The molecule has 2 saturated carbocycles. The zero-order valence-corrected chi connectivity index (χ0v) is 22.1. The molecule has 188 valence electrons. The van der Waals surface area contributed by atoms with Crippen LogP contribution < -0.4 is 10.6 Å². The molecule has 0 spiro atoms. The van der Waals surface area contributed by atoms with E-state index in [1.165, 1.54) is 6.42 Å². The molecule has 0 aliphatic heterocycles. The van der Waals surface area contributed by atoms with Crippen LogP contribution in [0.15, 0.2) is 48.5 Å². The van der Waals surface area contributed by atoms with E-state index < -0.39 is 0 Å². The van der Waals surface area contributed by atoms with Crippen LogP contribution in [0.4, 0.5) is 0 Å². The lowest BCUT2D eigenvalue weighted by Crippen LogP contribution is -2.44. The molecule has 0 heterocycles. The summed E-state index contributed by atoms with van der Waals surface area (Å²) in [7, 11) is 0. The smallest absolute Gasteiger partial charge is 0.251 e. The van der Waals surface area contributed by atoms with Crippen molar-refractivity contribution in [2.75, 3.05) is 0 Å². The molecule has 2 N–H and O–H groups in total. The Balaban J connectivity index is 1.21. The minimum atomic E-state index is -0.00948. The van der Waals surface area contributed by atoms with Crippen molar-refractivity contribution < 1.29 is 9.59 Å². The van der Waals surface area contributed by atoms with Gasteiger partial charge in [0.15, 0.2) is 0 Å². The first kappa shape index (κ1) is 26.0. The van der Waals surface area contributed by atoms with Gasteiger partial charge in [0.2, 0.25) is 0 Å².